The predicted octanol–water partition coefficient (Wildman–Crippen LogP) is 2.48. The fourth-order valence-electron chi connectivity index (χ4n) is 1.03. The Morgan fingerprint density at radius 2 is 2.33 bits per heavy atom. The van der Waals surface area contributed by atoms with Gasteiger partial charge in [-0.3, -0.25) is 0 Å². The van der Waals surface area contributed by atoms with Crippen LogP contribution in [0.1, 0.15) is 22.8 Å². The Balaban J connectivity index is 3.24. The van der Waals surface area contributed by atoms with Gasteiger partial charge in [0, 0.05) is 3.57 Å². The van der Waals surface area contributed by atoms with Crippen molar-refractivity contribution in [2.45, 2.75) is 6.92 Å². The molecule has 0 aliphatic carbocycles. The van der Waals surface area contributed by atoms with E-state index in [9.17, 15) is 9.18 Å². The molecule has 1 aromatic rings. The molecular weight excluding hydrogens is 312 g/mol. The van der Waals surface area contributed by atoms with E-state index >= 15 is 0 Å². The Labute approximate surface area is 100.0 Å². The minimum absolute atomic E-state index is 0.148. The maximum absolute atomic E-state index is 13.5. The zero-order valence-electron chi connectivity index (χ0n) is 7.88. The Kier molecular flexibility index (Phi) is 4.03. The Bertz CT molecular complexity index is 440. The van der Waals surface area contributed by atoms with Gasteiger partial charge in [0.15, 0.2) is 5.82 Å². The number of hydrogen-bond donors (Lipinski definition) is 0. The number of benzene rings is 1. The molecule has 15 heavy (non-hydrogen) atoms. The minimum atomic E-state index is -0.823. The van der Waals surface area contributed by atoms with E-state index in [4.69, 9.17) is 5.26 Å². The predicted molar refractivity (Wildman–Crippen MR) is 59.8 cm³/mol. The van der Waals surface area contributed by atoms with Crippen molar-refractivity contribution < 1.29 is 13.9 Å². The SMILES string of the molecule is CCOC(=O)c1cc(I)cc(C#N)c1F. The molecule has 0 atom stereocenters. The molecule has 0 unspecified atom stereocenters. The highest BCUT2D eigenvalue weighted by molar-refractivity contribution is 14.1. The van der Waals surface area contributed by atoms with E-state index in [1.54, 1.807) is 13.0 Å². The van der Waals surface area contributed by atoms with Gasteiger partial charge < -0.3 is 4.74 Å². The van der Waals surface area contributed by atoms with Crippen molar-refractivity contribution in [3.63, 3.8) is 0 Å². The number of nitrogens with zero attached hydrogens (tertiary/aromatic N) is 1. The number of carbonyl (C=O) groups is 1. The topological polar surface area (TPSA) is 50.1 Å². The molecule has 1 rings (SSSR count). The van der Waals surface area contributed by atoms with Gasteiger partial charge in [-0.05, 0) is 41.6 Å². The summed E-state index contributed by atoms with van der Waals surface area (Å²) in [4.78, 5) is 11.3. The van der Waals surface area contributed by atoms with Crippen LogP contribution in [0.5, 0.6) is 0 Å². The summed E-state index contributed by atoms with van der Waals surface area (Å²) < 4.78 is 18.8. The standard InChI is InChI=1S/C10H7FINO2/c1-2-15-10(14)8-4-7(12)3-6(5-13)9(8)11/h3-4H,2H2,1H3. The number of carbonyl (C=O) groups excluding carboxylic acids is 1. The molecule has 0 fully saturated rings. The van der Waals surface area contributed by atoms with Crippen molar-refractivity contribution in [3.05, 3.63) is 32.6 Å². The first kappa shape index (κ1) is 11.9. The fourth-order valence-corrected chi connectivity index (χ4v) is 1.65. The first-order chi connectivity index (χ1) is 7.10. The highest BCUT2D eigenvalue weighted by Crippen LogP contribution is 2.18. The molecular formula is C10H7FINO2. The lowest BCUT2D eigenvalue weighted by molar-refractivity contribution is 0.0521. The second-order valence-electron chi connectivity index (χ2n) is 2.65. The van der Waals surface area contributed by atoms with Crippen molar-refractivity contribution in [2.75, 3.05) is 6.61 Å². The van der Waals surface area contributed by atoms with Crippen LogP contribution in [0.3, 0.4) is 0 Å². The van der Waals surface area contributed by atoms with E-state index in [0.29, 0.717) is 3.57 Å². The fraction of sp³-hybridized carbons (Fsp3) is 0.200. The van der Waals surface area contributed by atoms with Gasteiger partial charge in [0.2, 0.25) is 0 Å². The molecule has 0 heterocycles. The molecule has 0 aliphatic heterocycles. The van der Waals surface area contributed by atoms with E-state index in [-0.39, 0.29) is 17.7 Å². The minimum Gasteiger partial charge on any atom is -0.462 e. The Morgan fingerprint density at radius 3 is 2.87 bits per heavy atom. The van der Waals surface area contributed by atoms with Crippen LogP contribution in [-0.2, 0) is 4.74 Å². The normalized spacial score (nSPS) is 9.47. The zero-order chi connectivity index (χ0) is 11.4. The molecule has 78 valence electrons. The van der Waals surface area contributed by atoms with Crippen LogP contribution < -0.4 is 0 Å². The lowest BCUT2D eigenvalue weighted by Crippen LogP contribution is -2.08. The van der Waals surface area contributed by atoms with Crippen LogP contribution in [0.2, 0.25) is 0 Å². The summed E-state index contributed by atoms with van der Waals surface area (Å²) in [6, 6.07) is 4.42. The quantitative estimate of drug-likeness (QED) is 0.622. The lowest BCUT2D eigenvalue weighted by Gasteiger charge is -2.04. The number of halogens is 2. The maximum Gasteiger partial charge on any atom is 0.341 e. The molecule has 5 heteroatoms. The van der Waals surface area contributed by atoms with E-state index < -0.39 is 11.8 Å². The van der Waals surface area contributed by atoms with Crippen molar-refractivity contribution in [3.8, 4) is 6.07 Å². The lowest BCUT2D eigenvalue weighted by atomic mass is 10.1. The largest absolute Gasteiger partial charge is 0.462 e. The molecule has 0 aliphatic rings. The van der Waals surface area contributed by atoms with Gasteiger partial charge in [-0.15, -0.1) is 0 Å². The highest BCUT2D eigenvalue weighted by atomic mass is 127. The van der Waals surface area contributed by atoms with Crippen LogP contribution in [0.15, 0.2) is 12.1 Å². The molecule has 0 aromatic heterocycles. The number of esters is 1. The smallest absolute Gasteiger partial charge is 0.341 e. The third-order valence-electron chi connectivity index (χ3n) is 1.65. The van der Waals surface area contributed by atoms with E-state index in [1.807, 2.05) is 22.6 Å². The molecule has 0 bridgehead atoms. The van der Waals surface area contributed by atoms with Crippen molar-refractivity contribution in [1.82, 2.24) is 0 Å². The highest BCUT2D eigenvalue weighted by Gasteiger charge is 2.17. The second-order valence-corrected chi connectivity index (χ2v) is 3.89. The number of hydrogen-bond acceptors (Lipinski definition) is 3. The molecule has 0 amide bonds. The Hall–Kier alpha value is -1.16. The van der Waals surface area contributed by atoms with E-state index in [1.165, 1.54) is 12.1 Å². The van der Waals surface area contributed by atoms with Gasteiger partial charge in [-0.2, -0.15) is 5.26 Å². The van der Waals surface area contributed by atoms with Crippen LogP contribution in [-0.4, -0.2) is 12.6 Å². The molecule has 0 N–H and O–H groups in total. The van der Waals surface area contributed by atoms with Gasteiger partial charge in [-0.25, -0.2) is 9.18 Å². The van der Waals surface area contributed by atoms with Gasteiger partial charge in [0.05, 0.1) is 17.7 Å². The first-order valence-corrected chi connectivity index (χ1v) is 5.24. The summed E-state index contributed by atoms with van der Waals surface area (Å²) in [6.07, 6.45) is 0. The molecule has 3 nitrogen and oxygen atoms in total. The van der Waals surface area contributed by atoms with Crippen molar-refractivity contribution in [2.24, 2.45) is 0 Å². The third-order valence-corrected chi connectivity index (χ3v) is 2.28. The number of ether oxygens (including phenoxy) is 1. The summed E-state index contributed by atoms with van der Waals surface area (Å²) in [5.74, 6) is -1.57. The average Bonchev–Trinajstić information content (AvgIpc) is 2.21. The zero-order valence-corrected chi connectivity index (χ0v) is 10.0. The monoisotopic (exact) mass is 319 g/mol. The molecule has 1 aromatic carbocycles. The maximum atomic E-state index is 13.5. The van der Waals surface area contributed by atoms with Gasteiger partial charge in [0.25, 0.3) is 0 Å². The van der Waals surface area contributed by atoms with Crippen LogP contribution in [0, 0.1) is 20.7 Å². The first-order valence-electron chi connectivity index (χ1n) is 4.16. The summed E-state index contributed by atoms with van der Waals surface area (Å²) in [5, 5.41) is 8.63. The summed E-state index contributed by atoms with van der Waals surface area (Å²) in [7, 11) is 0. The summed E-state index contributed by atoms with van der Waals surface area (Å²) >= 11 is 1.91. The van der Waals surface area contributed by atoms with Gasteiger partial charge in [-0.1, -0.05) is 0 Å². The molecule has 0 spiro atoms. The van der Waals surface area contributed by atoms with Crippen molar-refractivity contribution >= 4 is 28.6 Å². The number of nitriles is 1. The van der Waals surface area contributed by atoms with Crippen LogP contribution >= 0.6 is 22.6 Å². The third kappa shape index (κ3) is 2.65. The van der Waals surface area contributed by atoms with Gasteiger partial charge in [0.1, 0.15) is 6.07 Å². The second kappa shape index (κ2) is 5.07. The molecule has 0 saturated heterocycles. The molecule has 0 radical (unpaired) electrons. The van der Waals surface area contributed by atoms with Crippen LogP contribution in [0.25, 0.3) is 0 Å². The van der Waals surface area contributed by atoms with E-state index in [0.717, 1.165) is 0 Å². The Morgan fingerprint density at radius 1 is 1.67 bits per heavy atom. The van der Waals surface area contributed by atoms with Crippen LogP contribution in [0.4, 0.5) is 4.39 Å². The average molecular weight is 319 g/mol. The van der Waals surface area contributed by atoms with Crippen molar-refractivity contribution in [1.29, 1.82) is 5.26 Å². The summed E-state index contributed by atoms with van der Waals surface area (Å²) in [5.41, 5.74) is -0.342. The summed E-state index contributed by atoms with van der Waals surface area (Å²) in [6.45, 7) is 1.81. The van der Waals surface area contributed by atoms with E-state index in [2.05, 4.69) is 4.74 Å². The number of rotatable bonds is 2. The molecule has 0 saturated carbocycles. The van der Waals surface area contributed by atoms with Gasteiger partial charge >= 0.3 is 5.97 Å².